The Morgan fingerprint density at radius 1 is 1.05 bits per heavy atom. The van der Waals surface area contributed by atoms with E-state index in [9.17, 15) is 18.0 Å². The summed E-state index contributed by atoms with van der Waals surface area (Å²) in [5, 5.41) is 0.275. The van der Waals surface area contributed by atoms with Gasteiger partial charge in [-0.3, -0.25) is 4.79 Å². The van der Waals surface area contributed by atoms with Gasteiger partial charge in [0.2, 0.25) is 0 Å². The molecule has 0 bridgehead atoms. The molecule has 0 amide bonds. The number of aryl methyl sites for hydroxylation is 1. The summed E-state index contributed by atoms with van der Waals surface area (Å²) in [6.07, 6.45) is 0. The summed E-state index contributed by atoms with van der Waals surface area (Å²) < 4.78 is 39.9. The predicted octanol–water partition coefficient (Wildman–Crippen LogP) is 4.30. The van der Waals surface area contributed by atoms with Gasteiger partial charge in [0.15, 0.2) is 5.78 Å². The molecule has 0 fully saturated rings. The second kappa shape index (κ2) is 5.05. The zero-order valence-corrected chi connectivity index (χ0v) is 10.6. The minimum absolute atomic E-state index is 0.0805. The van der Waals surface area contributed by atoms with Gasteiger partial charge in [0, 0.05) is 22.7 Å². The molecule has 1 nitrogen and oxygen atoms in total. The van der Waals surface area contributed by atoms with Gasteiger partial charge in [0.25, 0.3) is 0 Å². The normalized spacial score (nSPS) is 10.6. The standard InChI is InChI=1S/C14H8ClF3O/c1-7-2-3-8(15)4-10(7)14(19)13-11(17)5-9(16)6-12(13)18/h2-6H,1H3. The Balaban J connectivity index is 2.59. The van der Waals surface area contributed by atoms with E-state index in [-0.39, 0.29) is 10.6 Å². The van der Waals surface area contributed by atoms with Gasteiger partial charge in [0.05, 0.1) is 5.56 Å². The first-order valence-electron chi connectivity index (χ1n) is 5.35. The fraction of sp³-hybridized carbons (Fsp3) is 0.0714. The first kappa shape index (κ1) is 13.6. The van der Waals surface area contributed by atoms with Gasteiger partial charge in [0.1, 0.15) is 17.5 Å². The SMILES string of the molecule is Cc1ccc(Cl)cc1C(=O)c1c(F)cc(F)cc1F. The maximum absolute atomic E-state index is 13.5. The lowest BCUT2D eigenvalue weighted by Crippen LogP contribution is -2.09. The van der Waals surface area contributed by atoms with Crippen LogP contribution in [-0.2, 0) is 0 Å². The van der Waals surface area contributed by atoms with E-state index < -0.39 is 28.8 Å². The van der Waals surface area contributed by atoms with Gasteiger partial charge in [-0.2, -0.15) is 0 Å². The average molecular weight is 285 g/mol. The fourth-order valence-electron chi connectivity index (χ4n) is 1.73. The zero-order chi connectivity index (χ0) is 14.2. The molecule has 2 rings (SSSR count). The number of hydrogen-bond donors (Lipinski definition) is 0. The molecule has 0 N–H and O–H groups in total. The van der Waals surface area contributed by atoms with E-state index in [1.807, 2.05) is 0 Å². The molecule has 0 atom stereocenters. The van der Waals surface area contributed by atoms with E-state index in [1.54, 1.807) is 19.1 Å². The Morgan fingerprint density at radius 2 is 1.63 bits per heavy atom. The predicted molar refractivity (Wildman–Crippen MR) is 65.9 cm³/mol. The molecular weight excluding hydrogens is 277 g/mol. The summed E-state index contributed by atoms with van der Waals surface area (Å²) in [7, 11) is 0. The number of halogens is 4. The smallest absolute Gasteiger partial charge is 0.199 e. The first-order valence-corrected chi connectivity index (χ1v) is 5.73. The molecule has 0 saturated carbocycles. The number of ketones is 1. The highest BCUT2D eigenvalue weighted by atomic mass is 35.5. The Hall–Kier alpha value is -1.81. The number of carbonyl (C=O) groups is 1. The van der Waals surface area contributed by atoms with Gasteiger partial charge in [-0.25, -0.2) is 13.2 Å². The largest absolute Gasteiger partial charge is 0.288 e. The number of carbonyl (C=O) groups excluding carboxylic acids is 1. The highest BCUT2D eigenvalue weighted by Gasteiger charge is 2.21. The molecule has 0 heterocycles. The average Bonchev–Trinajstić information content (AvgIpc) is 2.30. The second-order valence-electron chi connectivity index (χ2n) is 4.03. The maximum Gasteiger partial charge on any atom is 0.199 e. The van der Waals surface area contributed by atoms with Crippen molar-refractivity contribution in [3.05, 3.63) is 69.5 Å². The summed E-state index contributed by atoms with van der Waals surface area (Å²) in [4.78, 5) is 12.1. The molecule has 0 aromatic heterocycles. The van der Waals surface area contributed by atoms with Crippen molar-refractivity contribution in [2.24, 2.45) is 0 Å². The highest BCUT2D eigenvalue weighted by Crippen LogP contribution is 2.23. The number of rotatable bonds is 2. The van der Waals surface area contributed by atoms with Crippen molar-refractivity contribution < 1.29 is 18.0 Å². The monoisotopic (exact) mass is 284 g/mol. The highest BCUT2D eigenvalue weighted by molar-refractivity contribution is 6.31. The Morgan fingerprint density at radius 3 is 2.21 bits per heavy atom. The van der Waals surface area contributed by atoms with Crippen molar-refractivity contribution >= 4 is 17.4 Å². The van der Waals surface area contributed by atoms with Gasteiger partial charge in [-0.05, 0) is 24.6 Å². The van der Waals surface area contributed by atoms with Crippen molar-refractivity contribution in [1.29, 1.82) is 0 Å². The Kier molecular flexibility index (Phi) is 3.62. The zero-order valence-electron chi connectivity index (χ0n) is 9.81. The number of benzene rings is 2. The molecule has 0 unspecified atom stereocenters. The lowest BCUT2D eigenvalue weighted by atomic mass is 9.98. The molecule has 0 aliphatic carbocycles. The molecule has 0 aliphatic rings. The van der Waals surface area contributed by atoms with E-state index in [0.717, 1.165) is 0 Å². The quantitative estimate of drug-likeness (QED) is 0.752. The summed E-state index contributed by atoms with van der Waals surface area (Å²) in [6.45, 7) is 1.61. The van der Waals surface area contributed by atoms with Crippen molar-refractivity contribution in [3.8, 4) is 0 Å². The van der Waals surface area contributed by atoms with Crippen LogP contribution in [0.3, 0.4) is 0 Å². The van der Waals surface area contributed by atoms with Crippen LogP contribution >= 0.6 is 11.6 Å². The van der Waals surface area contributed by atoms with Crippen molar-refractivity contribution in [2.75, 3.05) is 0 Å². The second-order valence-corrected chi connectivity index (χ2v) is 4.47. The van der Waals surface area contributed by atoms with E-state index in [2.05, 4.69) is 0 Å². The minimum Gasteiger partial charge on any atom is -0.288 e. The minimum atomic E-state index is -1.23. The van der Waals surface area contributed by atoms with E-state index >= 15 is 0 Å². The summed E-state index contributed by atoms with van der Waals surface area (Å²) in [6, 6.07) is 5.38. The van der Waals surface area contributed by atoms with E-state index in [0.29, 0.717) is 17.7 Å². The van der Waals surface area contributed by atoms with Crippen molar-refractivity contribution in [1.82, 2.24) is 0 Å². The van der Waals surface area contributed by atoms with Crippen LogP contribution in [0.5, 0.6) is 0 Å². The summed E-state index contributed by atoms with van der Waals surface area (Å²) in [5.41, 5.74) is -0.179. The summed E-state index contributed by atoms with van der Waals surface area (Å²) in [5.74, 6) is -4.41. The van der Waals surface area contributed by atoms with Crippen LogP contribution in [0.25, 0.3) is 0 Å². The van der Waals surface area contributed by atoms with Crippen LogP contribution < -0.4 is 0 Å². The van der Waals surface area contributed by atoms with Crippen LogP contribution in [0.4, 0.5) is 13.2 Å². The van der Waals surface area contributed by atoms with Crippen molar-refractivity contribution in [2.45, 2.75) is 6.92 Å². The van der Waals surface area contributed by atoms with E-state index in [1.165, 1.54) is 6.07 Å². The maximum atomic E-state index is 13.5. The lowest BCUT2D eigenvalue weighted by Gasteiger charge is -2.08. The Labute approximate surface area is 112 Å². The summed E-state index contributed by atoms with van der Waals surface area (Å²) >= 11 is 5.75. The Bertz CT molecular complexity index is 645. The van der Waals surface area contributed by atoms with Gasteiger partial charge in [-0.1, -0.05) is 17.7 Å². The molecule has 0 spiro atoms. The van der Waals surface area contributed by atoms with Crippen LogP contribution in [0.2, 0.25) is 5.02 Å². The molecule has 0 aliphatic heterocycles. The lowest BCUT2D eigenvalue weighted by molar-refractivity contribution is 0.103. The molecule has 5 heteroatoms. The third-order valence-corrected chi connectivity index (χ3v) is 2.91. The molecule has 2 aromatic carbocycles. The molecule has 2 aromatic rings. The van der Waals surface area contributed by atoms with E-state index in [4.69, 9.17) is 11.6 Å². The van der Waals surface area contributed by atoms with Crippen LogP contribution in [0.1, 0.15) is 21.5 Å². The topological polar surface area (TPSA) is 17.1 Å². The van der Waals surface area contributed by atoms with Crippen LogP contribution in [-0.4, -0.2) is 5.78 Å². The van der Waals surface area contributed by atoms with Crippen LogP contribution in [0.15, 0.2) is 30.3 Å². The fourth-order valence-corrected chi connectivity index (χ4v) is 1.90. The number of hydrogen-bond acceptors (Lipinski definition) is 1. The molecular formula is C14H8ClF3O. The molecule has 98 valence electrons. The third kappa shape index (κ3) is 2.63. The van der Waals surface area contributed by atoms with Gasteiger partial charge < -0.3 is 0 Å². The van der Waals surface area contributed by atoms with Gasteiger partial charge >= 0.3 is 0 Å². The molecule has 19 heavy (non-hydrogen) atoms. The third-order valence-electron chi connectivity index (χ3n) is 2.68. The first-order chi connectivity index (χ1) is 8.90. The van der Waals surface area contributed by atoms with Crippen molar-refractivity contribution in [3.63, 3.8) is 0 Å². The van der Waals surface area contributed by atoms with Gasteiger partial charge in [-0.15, -0.1) is 0 Å². The molecule has 0 saturated heterocycles. The van der Waals surface area contributed by atoms with Crippen LogP contribution in [0, 0.1) is 24.4 Å². The molecule has 0 radical (unpaired) electrons.